The zero-order chi connectivity index (χ0) is 17.7. The van der Waals surface area contributed by atoms with Gasteiger partial charge in [-0.3, -0.25) is 4.21 Å². The van der Waals surface area contributed by atoms with Crippen molar-refractivity contribution in [2.24, 2.45) is 0 Å². The van der Waals surface area contributed by atoms with Gasteiger partial charge in [0.25, 0.3) is 0 Å². The summed E-state index contributed by atoms with van der Waals surface area (Å²) in [7, 11) is 0. The van der Waals surface area contributed by atoms with Gasteiger partial charge in [-0.1, -0.05) is 40.7 Å². The van der Waals surface area contributed by atoms with Gasteiger partial charge in [0.1, 0.15) is 0 Å². The molecule has 0 amide bonds. The molecule has 2 unspecified atom stereocenters. The summed E-state index contributed by atoms with van der Waals surface area (Å²) in [6, 6.07) is 0. The molecule has 0 aromatic heterocycles. The van der Waals surface area contributed by atoms with Crippen LogP contribution in [0.15, 0.2) is 12.7 Å². The van der Waals surface area contributed by atoms with Gasteiger partial charge < -0.3 is 4.55 Å². The van der Waals surface area contributed by atoms with Crippen LogP contribution in [0.1, 0.15) is 34.7 Å². The molecule has 0 aliphatic heterocycles. The van der Waals surface area contributed by atoms with Crippen molar-refractivity contribution in [2.45, 2.75) is 46.8 Å². The fourth-order valence-corrected chi connectivity index (χ4v) is 1.64. The third kappa shape index (κ3) is 10.0. The first-order valence-electron chi connectivity index (χ1n) is 6.05. The van der Waals surface area contributed by atoms with Crippen molar-refractivity contribution in [2.75, 3.05) is 0 Å². The Bertz CT molecular complexity index is 415. The minimum absolute atomic E-state index is 0. The third-order valence-electron chi connectivity index (χ3n) is 3.45. The summed E-state index contributed by atoms with van der Waals surface area (Å²) in [5.74, 6) is 0. The Balaban J connectivity index is -0.000000120. The van der Waals surface area contributed by atoms with Crippen molar-refractivity contribution in [3.63, 3.8) is 0 Å². The largest absolute Gasteiger partial charge is 2.00 e. The van der Waals surface area contributed by atoms with Gasteiger partial charge >= 0.3 is 39.7 Å². The van der Waals surface area contributed by atoms with E-state index in [1.165, 1.54) is 33.9 Å². The molecule has 124 valence electrons. The summed E-state index contributed by atoms with van der Waals surface area (Å²) in [6.07, 6.45) is 1.38. The first kappa shape index (κ1) is 29.2. The smallest absolute Gasteiger partial charge is 2.00 e. The van der Waals surface area contributed by atoms with Gasteiger partial charge in [0.15, 0.2) is 0 Å². The van der Waals surface area contributed by atoms with E-state index in [-0.39, 0.29) is 17.1 Å². The minimum Gasteiger partial charge on any atom is 2.00 e. The fraction of sp³-hybridized carbons (Fsp3) is 0.438. The van der Waals surface area contributed by atoms with Crippen molar-refractivity contribution in [1.82, 2.24) is 0 Å². The molecule has 0 N–H and O–H groups in total. The molecule has 1 rings (SSSR count). The number of hydrogen-bond acceptors (Lipinski definition) is 2. The molecule has 0 aliphatic rings. The van der Waals surface area contributed by atoms with E-state index in [9.17, 15) is 8.76 Å². The Morgan fingerprint density at radius 1 is 1.14 bits per heavy atom. The Morgan fingerprint density at radius 2 is 1.41 bits per heavy atom. The first-order chi connectivity index (χ1) is 9.73. The van der Waals surface area contributed by atoms with Gasteiger partial charge in [0.05, 0.1) is 0 Å². The molecule has 0 fully saturated rings. The van der Waals surface area contributed by atoms with E-state index in [0.29, 0.717) is 0 Å². The normalized spacial score (nSPS) is 10.7. The Morgan fingerprint density at radius 3 is 1.45 bits per heavy atom. The monoisotopic (exact) mass is 366 g/mol. The molecule has 0 saturated carbocycles. The van der Waals surface area contributed by atoms with Crippen molar-refractivity contribution < 1.29 is 35.1 Å². The van der Waals surface area contributed by atoms with Gasteiger partial charge in [0, 0.05) is 5.25 Å². The van der Waals surface area contributed by atoms with Crippen LogP contribution in [0.25, 0.3) is 0 Å². The Kier molecular flexibility index (Phi) is 22.0. The van der Waals surface area contributed by atoms with Crippen molar-refractivity contribution in [3.8, 4) is 0 Å². The second-order valence-corrected chi connectivity index (χ2v) is 5.59. The average molecular weight is 366 g/mol. The van der Waals surface area contributed by atoms with E-state index in [0.717, 1.165) is 0 Å². The summed E-state index contributed by atoms with van der Waals surface area (Å²) >= 11 is -1.98. The van der Waals surface area contributed by atoms with Crippen LogP contribution in [-0.2, 0) is 37.5 Å². The third-order valence-corrected chi connectivity index (χ3v) is 4.25. The zero-order valence-electron chi connectivity index (χ0n) is 13.8. The van der Waals surface area contributed by atoms with Crippen LogP contribution in [0.5, 0.6) is 0 Å². The van der Waals surface area contributed by atoms with Gasteiger partial charge in [0.2, 0.25) is 0 Å². The van der Waals surface area contributed by atoms with Gasteiger partial charge in [-0.05, 0) is 18.0 Å². The van der Waals surface area contributed by atoms with E-state index < -0.39 is 16.3 Å². The fourth-order valence-electron chi connectivity index (χ4n) is 1.48. The summed E-state index contributed by atoms with van der Waals surface area (Å²) in [6.45, 7) is 24.8. The zero-order valence-corrected chi connectivity index (χ0v) is 15.7. The van der Waals surface area contributed by atoms with E-state index in [2.05, 4.69) is 54.5 Å². The van der Waals surface area contributed by atoms with E-state index in [1.54, 1.807) is 6.92 Å². The molecule has 0 aliphatic carbocycles. The van der Waals surface area contributed by atoms with Crippen LogP contribution < -0.4 is 0 Å². The van der Waals surface area contributed by atoms with Gasteiger partial charge in [-0.2, -0.15) is 27.8 Å². The predicted molar refractivity (Wildman–Crippen MR) is 82.2 cm³/mol. The molecule has 22 heavy (non-hydrogen) atoms. The quantitative estimate of drug-likeness (QED) is 0.265. The van der Waals surface area contributed by atoms with Crippen molar-refractivity contribution in [1.29, 1.82) is 0 Å². The van der Waals surface area contributed by atoms with Crippen LogP contribution >= 0.6 is 0 Å². The molecule has 2 atom stereocenters. The van der Waals surface area contributed by atoms with Crippen molar-refractivity contribution >= 4 is 11.1 Å². The molecule has 4 nitrogen and oxygen atoms in total. The topological polar surface area (TPSA) is 79.9 Å². The summed E-state index contributed by atoms with van der Waals surface area (Å²) in [4.78, 5) is 0. The maximum absolute atomic E-state index is 9.86. The molecule has 0 bridgehead atoms. The minimum atomic E-state index is -1.98. The summed E-state index contributed by atoms with van der Waals surface area (Å²) in [5.41, 5.74) is 7.34. The van der Waals surface area contributed by atoms with Gasteiger partial charge in [-0.15, -0.1) is 6.58 Å². The molecular weight excluding hydrogens is 344 g/mol. The number of rotatable bonds is 2. The Labute approximate surface area is 146 Å². The molecule has 0 radical (unpaired) electrons. The van der Waals surface area contributed by atoms with Crippen LogP contribution in [0.2, 0.25) is 0 Å². The first-order valence-corrected chi connectivity index (χ1v) is 7.18. The van der Waals surface area contributed by atoms with Crippen molar-refractivity contribution in [3.05, 3.63) is 53.8 Å². The van der Waals surface area contributed by atoms with E-state index in [4.69, 9.17) is 9.30 Å². The molecule has 0 spiro atoms. The molecular formula is C16H22FeO4S. The van der Waals surface area contributed by atoms with Crippen LogP contribution in [0.4, 0.5) is 0 Å². The number of hydrogen-bond donors (Lipinski definition) is 0. The second kappa shape index (κ2) is 16.6. The summed E-state index contributed by atoms with van der Waals surface area (Å²) in [5, 5.41) is -0.417. The van der Waals surface area contributed by atoms with E-state index in [1.807, 2.05) is 0 Å². The molecule has 6 heteroatoms. The van der Waals surface area contributed by atoms with Crippen LogP contribution in [0.3, 0.4) is 0 Å². The van der Waals surface area contributed by atoms with E-state index >= 15 is 0 Å². The molecule has 0 heterocycles. The standard InChI is InChI=1S/C10H15.C4H8O2S.2CO.Fe/c1-6-7(2)9(4)10(5)8(6)3;1-3-4(2)7(5)6;2*1-2;/h1-5H3;3-4H,1H2,2H3,(H,5,6);;;/q-1;;;;+2/p-1. The maximum Gasteiger partial charge on any atom is 2.00 e. The maximum atomic E-state index is 9.86. The predicted octanol–water partition coefficient (Wildman–Crippen LogP) is 3.31. The molecule has 1 aromatic rings. The SMILES string of the molecule is C=CC(C)S(=O)[O-].Cc1c(C)c(C)[c-](C)c1C.[C-]#[O+].[C-]#[O+].[Fe+2]. The van der Waals surface area contributed by atoms with Gasteiger partial charge in [-0.25, -0.2) is 0 Å². The average Bonchev–Trinajstić information content (AvgIpc) is 2.69. The Hall–Kier alpha value is -0.801. The second-order valence-electron chi connectivity index (χ2n) is 4.33. The van der Waals surface area contributed by atoms with Crippen LogP contribution in [0, 0.1) is 47.9 Å². The molecule has 1 aromatic carbocycles. The van der Waals surface area contributed by atoms with Crippen LogP contribution in [-0.4, -0.2) is 14.0 Å². The summed E-state index contributed by atoms with van der Waals surface area (Å²) < 4.78 is 34.7. The molecule has 0 saturated heterocycles.